The lowest BCUT2D eigenvalue weighted by Crippen LogP contribution is -2.15. The van der Waals surface area contributed by atoms with Gasteiger partial charge < -0.3 is 4.90 Å². The van der Waals surface area contributed by atoms with E-state index in [0.29, 0.717) is 0 Å². The standard InChI is InChI=1S/C12H15N3S/c1-3-11-13-14-12(16-11)15(2)9-10-7-5-4-6-8-10/h4-8H,3,9H2,1-2H3. The van der Waals surface area contributed by atoms with Crippen LogP contribution in [0.4, 0.5) is 5.13 Å². The van der Waals surface area contributed by atoms with Gasteiger partial charge in [0.25, 0.3) is 0 Å². The number of nitrogens with zero attached hydrogens (tertiary/aromatic N) is 3. The molecule has 0 aliphatic carbocycles. The number of aromatic nitrogens is 2. The van der Waals surface area contributed by atoms with Crippen LogP contribution in [0.3, 0.4) is 0 Å². The first kappa shape index (κ1) is 11.1. The molecule has 0 fully saturated rings. The van der Waals surface area contributed by atoms with Crippen molar-refractivity contribution in [3.63, 3.8) is 0 Å². The van der Waals surface area contributed by atoms with E-state index in [-0.39, 0.29) is 0 Å². The minimum absolute atomic E-state index is 0.874. The second kappa shape index (κ2) is 5.07. The van der Waals surface area contributed by atoms with Crippen molar-refractivity contribution in [2.75, 3.05) is 11.9 Å². The summed E-state index contributed by atoms with van der Waals surface area (Å²) in [5, 5.41) is 10.4. The molecule has 1 aromatic heterocycles. The van der Waals surface area contributed by atoms with Crippen LogP contribution in [0.2, 0.25) is 0 Å². The van der Waals surface area contributed by atoms with Crippen molar-refractivity contribution in [2.45, 2.75) is 19.9 Å². The smallest absolute Gasteiger partial charge is 0.208 e. The lowest BCUT2D eigenvalue weighted by Gasteiger charge is -2.14. The first-order chi connectivity index (χ1) is 7.79. The molecule has 84 valence electrons. The quantitative estimate of drug-likeness (QED) is 0.813. The lowest BCUT2D eigenvalue weighted by atomic mass is 10.2. The molecule has 3 nitrogen and oxygen atoms in total. The van der Waals surface area contributed by atoms with Crippen LogP contribution >= 0.6 is 11.3 Å². The Labute approximate surface area is 99.8 Å². The Balaban J connectivity index is 2.05. The van der Waals surface area contributed by atoms with E-state index in [2.05, 4.69) is 46.3 Å². The molecule has 0 N–H and O–H groups in total. The molecule has 2 rings (SSSR count). The van der Waals surface area contributed by atoms with Gasteiger partial charge >= 0.3 is 0 Å². The molecule has 0 aliphatic heterocycles. The summed E-state index contributed by atoms with van der Waals surface area (Å²) in [5.41, 5.74) is 1.29. The van der Waals surface area contributed by atoms with E-state index in [4.69, 9.17) is 0 Å². The predicted octanol–water partition coefficient (Wildman–Crippen LogP) is 2.74. The molecule has 0 bridgehead atoms. The van der Waals surface area contributed by atoms with Gasteiger partial charge in [-0.2, -0.15) is 0 Å². The van der Waals surface area contributed by atoms with Gasteiger partial charge in [-0.3, -0.25) is 0 Å². The highest BCUT2D eigenvalue weighted by molar-refractivity contribution is 7.15. The average molecular weight is 233 g/mol. The molecule has 16 heavy (non-hydrogen) atoms. The maximum atomic E-state index is 4.18. The molecule has 0 spiro atoms. The zero-order valence-corrected chi connectivity index (χ0v) is 10.4. The maximum Gasteiger partial charge on any atom is 0.208 e. The van der Waals surface area contributed by atoms with Crippen LogP contribution in [0.5, 0.6) is 0 Å². The zero-order chi connectivity index (χ0) is 11.4. The summed E-state index contributed by atoms with van der Waals surface area (Å²) in [4.78, 5) is 2.13. The van der Waals surface area contributed by atoms with E-state index < -0.39 is 0 Å². The van der Waals surface area contributed by atoms with E-state index in [1.54, 1.807) is 11.3 Å². The Morgan fingerprint density at radius 1 is 1.19 bits per heavy atom. The molecule has 1 aromatic carbocycles. The highest BCUT2D eigenvalue weighted by Crippen LogP contribution is 2.20. The molecule has 0 atom stereocenters. The molecular weight excluding hydrogens is 218 g/mol. The molecule has 2 aromatic rings. The van der Waals surface area contributed by atoms with Crippen molar-refractivity contribution >= 4 is 16.5 Å². The van der Waals surface area contributed by atoms with Crippen LogP contribution in [0.15, 0.2) is 30.3 Å². The van der Waals surface area contributed by atoms with E-state index in [1.807, 2.05) is 13.1 Å². The third-order valence-electron chi connectivity index (χ3n) is 2.35. The fourth-order valence-electron chi connectivity index (χ4n) is 1.47. The van der Waals surface area contributed by atoms with E-state index >= 15 is 0 Å². The summed E-state index contributed by atoms with van der Waals surface area (Å²) in [6, 6.07) is 10.4. The van der Waals surface area contributed by atoms with Crippen molar-refractivity contribution in [1.82, 2.24) is 10.2 Å². The van der Waals surface area contributed by atoms with Crippen LogP contribution in [-0.4, -0.2) is 17.2 Å². The number of benzene rings is 1. The van der Waals surface area contributed by atoms with Gasteiger partial charge in [0.05, 0.1) is 0 Å². The van der Waals surface area contributed by atoms with E-state index in [9.17, 15) is 0 Å². The minimum Gasteiger partial charge on any atom is -0.345 e. The topological polar surface area (TPSA) is 29.0 Å². The van der Waals surface area contributed by atoms with Gasteiger partial charge in [-0.1, -0.05) is 48.6 Å². The summed E-state index contributed by atoms with van der Waals surface area (Å²) < 4.78 is 0. The Bertz CT molecular complexity index is 439. The van der Waals surface area contributed by atoms with Gasteiger partial charge in [-0.25, -0.2) is 0 Å². The van der Waals surface area contributed by atoms with Crippen LogP contribution in [0, 0.1) is 0 Å². The van der Waals surface area contributed by atoms with E-state index in [0.717, 1.165) is 23.1 Å². The number of hydrogen-bond acceptors (Lipinski definition) is 4. The van der Waals surface area contributed by atoms with Crippen molar-refractivity contribution in [2.24, 2.45) is 0 Å². The minimum atomic E-state index is 0.874. The van der Waals surface area contributed by atoms with Crippen LogP contribution in [0.25, 0.3) is 0 Å². The molecule has 0 unspecified atom stereocenters. The highest BCUT2D eigenvalue weighted by Gasteiger charge is 2.07. The van der Waals surface area contributed by atoms with Crippen molar-refractivity contribution in [3.8, 4) is 0 Å². The van der Waals surface area contributed by atoms with Crippen molar-refractivity contribution in [1.29, 1.82) is 0 Å². The molecule has 0 radical (unpaired) electrons. The lowest BCUT2D eigenvalue weighted by molar-refractivity contribution is 0.884. The molecule has 4 heteroatoms. The highest BCUT2D eigenvalue weighted by atomic mass is 32.1. The number of rotatable bonds is 4. The Morgan fingerprint density at radius 3 is 2.56 bits per heavy atom. The SMILES string of the molecule is CCc1nnc(N(C)Cc2ccccc2)s1. The second-order valence-electron chi connectivity index (χ2n) is 3.67. The fraction of sp³-hybridized carbons (Fsp3) is 0.333. The van der Waals surface area contributed by atoms with Crippen LogP contribution in [-0.2, 0) is 13.0 Å². The summed E-state index contributed by atoms with van der Waals surface area (Å²) in [7, 11) is 2.05. The van der Waals surface area contributed by atoms with Crippen molar-refractivity contribution < 1.29 is 0 Å². The predicted molar refractivity (Wildman–Crippen MR) is 67.8 cm³/mol. The number of hydrogen-bond donors (Lipinski definition) is 0. The summed E-state index contributed by atoms with van der Waals surface area (Å²) in [6.45, 7) is 2.97. The Hall–Kier alpha value is -1.42. The number of anilines is 1. The van der Waals surface area contributed by atoms with Gasteiger partial charge in [0.15, 0.2) is 0 Å². The first-order valence-corrected chi connectivity index (χ1v) is 6.18. The zero-order valence-electron chi connectivity index (χ0n) is 9.55. The van der Waals surface area contributed by atoms with E-state index in [1.165, 1.54) is 5.56 Å². The molecule has 0 aliphatic rings. The summed E-state index contributed by atoms with van der Waals surface area (Å²) in [6.07, 6.45) is 0.955. The first-order valence-electron chi connectivity index (χ1n) is 5.37. The van der Waals surface area contributed by atoms with Gasteiger partial charge in [0, 0.05) is 13.6 Å². The normalized spacial score (nSPS) is 10.4. The van der Waals surface area contributed by atoms with Gasteiger partial charge in [0.2, 0.25) is 5.13 Å². The largest absolute Gasteiger partial charge is 0.345 e. The molecule has 1 heterocycles. The maximum absolute atomic E-state index is 4.18. The molecule has 0 saturated carbocycles. The Morgan fingerprint density at radius 2 is 1.94 bits per heavy atom. The summed E-state index contributed by atoms with van der Waals surface area (Å²) >= 11 is 1.66. The Kier molecular flexibility index (Phi) is 3.51. The molecular formula is C12H15N3S. The van der Waals surface area contributed by atoms with Crippen LogP contribution < -0.4 is 4.90 Å². The van der Waals surface area contributed by atoms with Gasteiger partial charge in [0.1, 0.15) is 5.01 Å². The molecule has 0 amide bonds. The third-order valence-corrected chi connectivity index (χ3v) is 3.53. The van der Waals surface area contributed by atoms with Crippen molar-refractivity contribution in [3.05, 3.63) is 40.9 Å². The average Bonchev–Trinajstić information content (AvgIpc) is 2.79. The third kappa shape index (κ3) is 2.58. The van der Waals surface area contributed by atoms with Crippen LogP contribution in [0.1, 0.15) is 17.5 Å². The van der Waals surface area contributed by atoms with Gasteiger partial charge in [-0.05, 0) is 12.0 Å². The summed E-state index contributed by atoms with van der Waals surface area (Å²) in [5.74, 6) is 0. The van der Waals surface area contributed by atoms with Gasteiger partial charge in [-0.15, -0.1) is 10.2 Å². The second-order valence-corrected chi connectivity index (χ2v) is 4.71. The number of aryl methyl sites for hydroxylation is 1. The monoisotopic (exact) mass is 233 g/mol. The molecule has 0 saturated heterocycles. The fourth-order valence-corrected chi connectivity index (χ4v) is 2.21.